The van der Waals surface area contributed by atoms with Crippen molar-refractivity contribution in [2.45, 2.75) is 24.9 Å². The van der Waals surface area contributed by atoms with Crippen molar-refractivity contribution in [2.24, 2.45) is 20.0 Å². The number of carbonyl (C=O) groups excluding carboxylic acids is 2. The van der Waals surface area contributed by atoms with Gasteiger partial charge < -0.3 is 29.0 Å². The van der Waals surface area contributed by atoms with Crippen molar-refractivity contribution in [3.8, 4) is 28.7 Å². The van der Waals surface area contributed by atoms with E-state index in [0.717, 1.165) is 4.57 Å². The second kappa shape index (κ2) is 9.65. The van der Waals surface area contributed by atoms with Crippen LogP contribution in [0.1, 0.15) is 40.7 Å². The standard InChI is InChI=1S/C31H28ClN3O9/c1-13-10-15-21(26(36)31(13)27(37)22-18(40-4)12-19(41-5)24(32)25(22)44-31)20(14-6-7-16-17(11-14)43-9-8-42-16)23-28(33-15)34(2)30(39)35(3)29(23)38/h6-7,11-13,20,33H,8-10H2,1-5H3/t13-,20-,31+/m1/s1. The number of allylic oxidation sites excluding steroid dienone is 1. The van der Waals surface area contributed by atoms with E-state index < -0.39 is 40.3 Å². The van der Waals surface area contributed by atoms with Gasteiger partial charge in [0, 0.05) is 43.3 Å². The largest absolute Gasteiger partial charge is 0.496 e. The SMILES string of the molecule is COc1cc(OC)c2c(c1Cl)O[C@@]1(C(=O)C3=C(C[C@H]1C)Nc1c(c(=O)n(C)c(=O)n1C)[C@@H]3c1ccc3c(c1)OCCO3)C2=O. The molecule has 0 radical (unpaired) electrons. The number of aromatic nitrogens is 2. The number of methoxy groups -OCH3 is 2. The highest BCUT2D eigenvalue weighted by atomic mass is 35.5. The molecule has 2 aromatic carbocycles. The zero-order chi connectivity index (χ0) is 31.2. The molecule has 1 aromatic heterocycles. The van der Waals surface area contributed by atoms with Crippen LogP contribution < -0.4 is 40.3 Å². The van der Waals surface area contributed by atoms with Crippen molar-refractivity contribution >= 4 is 29.0 Å². The number of ketones is 2. The van der Waals surface area contributed by atoms with Gasteiger partial charge in [-0.15, -0.1) is 0 Å². The number of rotatable bonds is 3. The van der Waals surface area contributed by atoms with E-state index in [2.05, 4.69) is 5.32 Å². The van der Waals surface area contributed by atoms with Gasteiger partial charge in [0.25, 0.3) is 5.56 Å². The van der Waals surface area contributed by atoms with E-state index in [1.165, 1.54) is 31.9 Å². The first-order valence-electron chi connectivity index (χ1n) is 14.0. The van der Waals surface area contributed by atoms with Crippen LogP contribution in [0, 0.1) is 5.92 Å². The van der Waals surface area contributed by atoms with Crippen molar-refractivity contribution < 1.29 is 33.3 Å². The Morgan fingerprint density at radius 3 is 2.36 bits per heavy atom. The van der Waals surface area contributed by atoms with Crippen LogP contribution in [0.2, 0.25) is 5.02 Å². The fraction of sp³-hybridized carbons (Fsp3) is 0.355. The number of fused-ring (bicyclic) bond motifs is 3. The van der Waals surface area contributed by atoms with Gasteiger partial charge in [0.05, 0.1) is 19.8 Å². The summed E-state index contributed by atoms with van der Waals surface area (Å²) in [6.45, 7) is 2.45. The molecule has 4 aliphatic rings. The number of hydrogen-bond donors (Lipinski definition) is 1. The average molecular weight is 622 g/mol. The van der Waals surface area contributed by atoms with E-state index in [-0.39, 0.29) is 51.2 Å². The Bertz CT molecular complexity index is 1980. The minimum atomic E-state index is -2.00. The van der Waals surface area contributed by atoms with Crippen molar-refractivity contribution in [1.29, 1.82) is 0 Å². The van der Waals surface area contributed by atoms with E-state index in [4.69, 9.17) is 35.3 Å². The molecule has 228 valence electrons. The summed E-state index contributed by atoms with van der Waals surface area (Å²) in [5.41, 5.74) is -1.71. The molecule has 12 nitrogen and oxygen atoms in total. The first kappa shape index (κ1) is 28.1. The Balaban J connectivity index is 1.47. The predicted molar refractivity (Wildman–Crippen MR) is 158 cm³/mol. The van der Waals surface area contributed by atoms with E-state index in [1.807, 2.05) is 0 Å². The molecule has 1 spiro atoms. The van der Waals surface area contributed by atoms with E-state index in [0.29, 0.717) is 36.0 Å². The minimum Gasteiger partial charge on any atom is -0.496 e. The molecule has 0 saturated carbocycles. The molecule has 4 heterocycles. The maximum atomic E-state index is 15.0. The van der Waals surface area contributed by atoms with Crippen LogP contribution in [-0.4, -0.2) is 53.7 Å². The van der Waals surface area contributed by atoms with Gasteiger partial charge >= 0.3 is 5.69 Å². The number of nitrogens with one attached hydrogen (secondary N) is 1. The number of benzene rings is 2. The maximum Gasteiger partial charge on any atom is 0.332 e. The van der Waals surface area contributed by atoms with Crippen LogP contribution >= 0.6 is 11.6 Å². The third kappa shape index (κ3) is 3.51. The van der Waals surface area contributed by atoms with E-state index in [1.54, 1.807) is 32.2 Å². The van der Waals surface area contributed by atoms with Crippen molar-refractivity contribution in [1.82, 2.24) is 9.13 Å². The summed E-state index contributed by atoms with van der Waals surface area (Å²) in [6.07, 6.45) is 0.182. The van der Waals surface area contributed by atoms with Crippen LogP contribution in [0.25, 0.3) is 0 Å². The lowest BCUT2D eigenvalue weighted by Crippen LogP contribution is -2.58. The smallest absolute Gasteiger partial charge is 0.332 e. The minimum absolute atomic E-state index is 0.00419. The quantitative estimate of drug-likeness (QED) is 0.435. The summed E-state index contributed by atoms with van der Waals surface area (Å²) in [5, 5.41) is 3.24. The molecular formula is C31H28ClN3O9. The molecule has 0 saturated heterocycles. The molecule has 13 heteroatoms. The fourth-order valence-corrected chi connectivity index (χ4v) is 7.03. The molecule has 7 rings (SSSR count). The number of anilines is 1. The highest BCUT2D eigenvalue weighted by molar-refractivity contribution is 6.36. The molecule has 3 aliphatic heterocycles. The number of ether oxygens (including phenoxy) is 5. The average Bonchev–Trinajstić information content (AvgIpc) is 3.35. The summed E-state index contributed by atoms with van der Waals surface area (Å²) in [7, 11) is 5.75. The molecule has 3 aromatic rings. The van der Waals surface area contributed by atoms with Crippen LogP contribution in [0.3, 0.4) is 0 Å². The van der Waals surface area contributed by atoms with Gasteiger partial charge in [-0.1, -0.05) is 24.6 Å². The van der Waals surface area contributed by atoms with Crippen molar-refractivity contribution in [3.05, 3.63) is 78.1 Å². The number of carbonyl (C=O) groups is 2. The Morgan fingerprint density at radius 1 is 0.955 bits per heavy atom. The normalized spacial score (nSPS) is 23.0. The second-order valence-corrected chi connectivity index (χ2v) is 11.6. The van der Waals surface area contributed by atoms with Gasteiger partial charge in [-0.2, -0.15) is 0 Å². The topological polar surface area (TPSA) is 136 Å². The zero-order valence-electron chi connectivity index (χ0n) is 24.5. The fourth-order valence-electron chi connectivity index (χ4n) is 6.76. The zero-order valence-corrected chi connectivity index (χ0v) is 25.3. The summed E-state index contributed by atoms with van der Waals surface area (Å²) in [4.78, 5) is 56.2. The molecule has 1 aliphatic carbocycles. The number of Topliss-reactive ketones (excluding diaryl/α,β-unsaturated/α-hetero) is 2. The maximum absolute atomic E-state index is 15.0. The van der Waals surface area contributed by atoms with Crippen molar-refractivity contribution in [3.63, 3.8) is 0 Å². The Morgan fingerprint density at radius 2 is 1.66 bits per heavy atom. The second-order valence-electron chi connectivity index (χ2n) is 11.2. The predicted octanol–water partition coefficient (Wildman–Crippen LogP) is 2.96. The number of halogens is 1. The van der Waals surface area contributed by atoms with Gasteiger partial charge in [-0.3, -0.25) is 23.5 Å². The molecule has 0 bridgehead atoms. The van der Waals surface area contributed by atoms with Gasteiger partial charge in [0.15, 0.2) is 17.2 Å². The molecule has 44 heavy (non-hydrogen) atoms. The Labute approximate surface area is 255 Å². The number of nitrogens with zero attached hydrogens (tertiary/aromatic N) is 2. The van der Waals surface area contributed by atoms with Gasteiger partial charge in [0.1, 0.15) is 41.1 Å². The van der Waals surface area contributed by atoms with Gasteiger partial charge in [-0.05, 0) is 24.1 Å². The lowest BCUT2D eigenvalue weighted by atomic mass is 9.66. The summed E-state index contributed by atoms with van der Waals surface area (Å²) in [5.74, 6) is -1.27. The Kier molecular flexibility index (Phi) is 6.16. The van der Waals surface area contributed by atoms with Gasteiger partial charge in [-0.25, -0.2) is 4.79 Å². The van der Waals surface area contributed by atoms with Crippen molar-refractivity contribution in [2.75, 3.05) is 32.8 Å². The van der Waals surface area contributed by atoms with Crippen LogP contribution in [0.4, 0.5) is 5.82 Å². The first-order valence-corrected chi connectivity index (χ1v) is 14.4. The van der Waals surface area contributed by atoms with Crippen LogP contribution in [0.15, 0.2) is 45.1 Å². The lowest BCUT2D eigenvalue weighted by Gasteiger charge is -2.42. The monoisotopic (exact) mass is 621 g/mol. The third-order valence-corrected chi connectivity index (χ3v) is 9.33. The molecule has 1 N–H and O–H groups in total. The highest BCUT2D eigenvalue weighted by Crippen LogP contribution is 2.56. The lowest BCUT2D eigenvalue weighted by molar-refractivity contribution is -0.130. The molecule has 0 fully saturated rings. The third-order valence-electron chi connectivity index (χ3n) is 8.98. The summed E-state index contributed by atoms with van der Waals surface area (Å²) in [6, 6.07) is 6.66. The van der Waals surface area contributed by atoms with E-state index >= 15 is 0 Å². The Hall–Kier alpha value is -4.71. The molecule has 0 amide bonds. The summed E-state index contributed by atoms with van der Waals surface area (Å²) < 4.78 is 31.1. The molecule has 0 unspecified atom stereocenters. The molecule has 3 atom stereocenters. The van der Waals surface area contributed by atoms with Gasteiger partial charge in [0.2, 0.25) is 17.2 Å². The van der Waals surface area contributed by atoms with Crippen LogP contribution in [-0.2, 0) is 18.9 Å². The molecular weight excluding hydrogens is 594 g/mol. The van der Waals surface area contributed by atoms with E-state index in [9.17, 15) is 19.2 Å². The number of hydrogen-bond acceptors (Lipinski definition) is 10. The highest BCUT2D eigenvalue weighted by Gasteiger charge is 2.63. The first-order chi connectivity index (χ1) is 21.0. The van der Waals surface area contributed by atoms with Crippen LogP contribution in [0.5, 0.6) is 28.7 Å². The summed E-state index contributed by atoms with van der Waals surface area (Å²) >= 11 is 6.62.